The highest BCUT2D eigenvalue weighted by Crippen LogP contribution is 2.51. The lowest BCUT2D eigenvalue weighted by Crippen LogP contribution is -2.39. The Balaban J connectivity index is 1.95. The van der Waals surface area contributed by atoms with Crippen molar-refractivity contribution < 1.29 is 13.2 Å². The maximum absolute atomic E-state index is 13.1. The van der Waals surface area contributed by atoms with Crippen LogP contribution in [0.1, 0.15) is 26.2 Å². The van der Waals surface area contributed by atoms with Crippen LogP contribution in [0.2, 0.25) is 0 Å². The number of halogens is 3. The Morgan fingerprint density at radius 1 is 1.33 bits per heavy atom. The van der Waals surface area contributed by atoms with E-state index in [1.807, 2.05) is 6.92 Å². The van der Waals surface area contributed by atoms with E-state index < -0.39 is 11.7 Å². The molecule has 1 fully saturated rings. The number of thiophene rings is 1. The smallest absolute Gasteiger partial charge is 0.356 e. The van der Waals surface area contributed by atoms with Gasteiger partial charge in [-0.25, -0.2) is 4.98 Å². The summed E-state index contributed by atoms with van der Waals surface area (Å²) in [7, 11) is 0. The molecule has 114 valence electrons. The molecule has 0 unspecified atom stereocenters. The average molecular weight is 316 g/mol. The van der Waals surface area contributed by atoms with Gasteiger partial charge in [-0.3, -0.25) is 0 Å². The first kappa shape index (κ1) is 14.4. The van der Waals surface area contributed by atoms with Crippen molar-refractivity contribution in [2.45, 2.75) is 37.9 Å². The molecule has 1 saturated carbocycles. The fourth-order valence-corrected chi connectivity index (χ4v) is 2.86. The zero-order chi connectivity index (χ0) is 15.1. The van der Waals surface area contributed by atoms with Crippen LogP contribution < -0.4 is 10.6 Å². The Labute approximate surface area is 123 Å². The minimum absolute atomic E-state index is 0.0872. The Morgan fingerprint density at radius 2 is 2.10 bits per heavy atom. The maximum atomic E-state index is 13.1. The van der Waals surface area contributed by atoms with Crippen LogP contribution in [0, 0.1) is 0 Å². The van der Waals surface area contributed by atoms with E-state index >= 15 is 0 Å². The standard InChI is InChI=1S/C13H15F3N4S/c1-2-6-17-11-18-9(8-3-7-21-10(8)19-11)20-12(4-5-12)13(14,15)16/h3,7H,2,4-6H2,1H3,(H2,17,18,19,20). The molecule has 3 rings (SSSR count). The van der Waals surface area contributed by atoms with E-state index in [0.717, 1.165) is 6.42 Å². The summed E-state index contributed by atoms with van der Waals surface area (Å²) in [6.07, 6.45) is -3.20. The molecule has 1 aliphatic carbocycles. The molecule has 2 aromatic rings. The molecule has 0 atom stereocenters. The molecule has 0 spiro atoms. The Hall–Kier alpha value is -1.57. The summed E-state index contributed by atoms with van der Waals surface area (Å²) in [5, 5.41) is 8.07. The molecule has 0 radical (unpaired) electrons. The van der Waals surface area contributed by atoms with Crippen molar-refractivity contribution >= 4 is 33.3 Å². The summed E-state index contributed by atoms with van der Waals surface area (Å²) in [5.41, 5.74) is -1.82. The second kappa shape index (κ2) is 5.01. The Morgan fingerprint density at radius 3 is 2.71 bits per heavy atom. The number of nitrogens with one attached hydrogen (secondary N) is 2. The summed E-state index contributed by atoms with van der Waals surface area (Å²) in [5.74, 6) is 0.627. The third-order valence-corrected chi connectivity index (χ3v) is 4.32. The van der Waals surface area contributed by atoms with E-state index in [1.165, 1.54) is 11.3 Å². The summed E-state index contributed by atoms with van der Waals surface area (Å²) < 4.78 is 39.3. The van der Waals surface area contributed by atoms with Crippen molar-refractivity contribution in [1.82, 2.24) is 9.97 Å². The number of alkyl halides is 3. The number of rotatable bonds is 5. The average Bonchev–Trinajstić information content (AvgIpc) is 3.06. The van der Waals surface area contributed by atoms with Gasteiger partial charge in [0.1, 0.15) is 16.2 Å². The lowest BCUT2D eigenvalue weighted by atomic mass is 10.2. The number of hydrogen-bond donors (Lipinski definition) is 2. The van der Waals surface area contributed by atoms with Gasteiger partial charge in [0, 0.05) is 6.54 Å². The first-order valence-electron chi connectivity index (χ1n) is 6.79. The first-order valence-corrected chi connectivity index (χ1v) is 7.67. The lowest BCUT2D eigenvalue weighted by Gasteiger charge is -2.22. The molecule has 2 aromatic heterocycles. The number of anilines is 2. The van der Waals surface area contributed by atoms with E-state index in [1.54, 1.807) is 11.4 Å². The summed E-state index contributed by atoms with van der Waals surface area (Å²) in [4.78, 5) is 9.23. The molecule has 21 heavy (non-hydrogen) atoms. The van der Waals surface area contributed by atoms with Gasteiger partial charge in [0.15, 0.2) is 0 Å². The van der Waals surface area contributed by atoms with Crippen molar-refractivity contribution in [2.75, 3.05) is 17.2 Å². The van der Waals surface area contributed by atoms with Crippen LogP contribution in [0.25, 0.3) is 10.2 Å². The predicted molar refractivity (Wildman–Crippen MR) is 77.8 cm³/mol. The molecule has 1 aliphatic rings. The second-order valence-electron chi connectivity index (χ2n) is 5.17. The Bertz CT molecular complexity index is 648. The highest BCUT2D eigenvalue weighted by molar-refractivity contribution is 7.16. The minimum atomic E-state index is -4.27. The molecule has 0 amide bonds. The molecule has 8 heteroatoms. The number of aromatic nitrogens is 2. The maximum Gasteiger partial charge on any atom is 0.411 e. The molecular formula is C13H15F3N4S. The van der Waals surface area contributed by atoms with Gasteiger partial charge in [-0.15, -0.1) is 11.3 Å². The van der Waals surface area contributed by atoms with Gasteiger partial charge in [0.25, 0.3) is 0 Å². The molecule has 0 saturated heterocycles. The minimum Gasteiger partial charge on any atom is -0.356 e. The third kappa shape index (κ3) is 2.64. The Kier molecular flexibility index (Phi) is 3.43. The molecule has 2 heterocycles. The molecule has 2 N–H and O–H groups in total. The van der Waals surface area contributed by atoms with E-state index in [2.05, 4.69) is 20.6 Å². The number of hydrogen-bond acceptors (Lipinski definition) is 5. The van der Waals surface area contributed by atoms with Gasteiger partial charge < -0.3 is 10.6 Å². The zero-order valence-corrected chi connectivity index (χ0v) is 12.2. The largest absolute Gasteiger partial charge is 0.411 e. The summed E-state index contributed by atoms with van der Waals surface area (Å²) in [6.45, 7) is 2.68. The van der Waals surface area contributed by atoms with Crippen LogP contribution in [0.15, 0.2) is 11.4 Å². The molecule has 0 bridgehead atoms. The van der Waals surface area contributed by atoms with E-state index in [4.69, 9.17) is 0 Å². The third-order valence-electron chi connectivity index (χ3n) is 3.51. The van der Waals surface area contributed by atoms with E-state index in [-0.39, 0.29) is 18.7 Å². The zero-order valence-electron chi connectivity index (χ0n) is 11.4. The van der Waals surface area contributed by atoms with Crippen LogP contribution in [-0.2, 0) is 0 Å². The predicted octanol–water partition coefficient (Wildman–Crippen LogP) is 4.02. The van der Waals surface area contributed by atoms with Gasteiger partial charge in [0.2, 0.25) is 5.95 Å². The summed E-state index contributed by atoms with van der Waals surface area (Å²) in [6, 6.07) is 1.75. The number of fused-ring (bicyclic) bond motifs is 1. The second-order valence-corrected chi connectivity index (χ2v) is 6.06. The van der Waals surface area contributed by atoms with E-state index in [0.29, 0.717) is 22.7 Å². The SMILES string of the molecule is CCCNc1nc(NC2(C(F)(F)F)CC2)c2ccsc2n1. The van der Waals surface area contributed by atoms with E-state index in [9.17, 15) is 13.2 Å². The lowest BCUT2D eigenvalue weighted by molar-refractivity contribution is -0.151. The van der Waals surface area contributed by atoms with Crippen molar-refractivity contribution in [1.29, 1.82) is 0 Å². The fraction of sp³-hybridized carbons (Fsp3) is 0.538. The van der Waals surface area contributed by atoms with Crippen LogP contribution in [-0.4, -0.2) is 28.2 Å². The normalized spacial score (nSPS) is 17.0. The van der Waals surface area contributed by atoms with Gasteiger partial charge in [-0.05, 0) is 30.7 Å². The molecular weight excluding hydrogens is 301 g/mol. The quantitative estimate of drug-likeness (QED) is 0.875. The van der Waals surface area contributed by atoms with Crippen LogP contribution in [0.3, 0.4) is 0 Å². The fourth-order valence-electron chi connectivity index (χ4n) is 2.10. The molecule has 0 aliphatic heterocycles. The van der Waals surface area contributed by atoms with Crippen LogP contribution >= 0.6 is 11.3 Å². The molecule has 0 aromatic carbocycles. The van der Waals surface area contributed by atoms with Crippen LogP contribution in [0.5, 0.6) is 0 Å². The van der Waals surface area contributed by atoms with Gasteiger partial charge >= 0.3 is 6.18 Å². The number of nitrogens with zero attached hydrogens (tertiary/aromatic N) is 2. The van der Waals surface area contributed by atoms with Crippen molar-refractivity contribution in [2.24, 2.45) is 0 Å². The highest BCUT2D eigenvalue weighted by atomic mass is 32.1. The van der Waals surface area contributed by atoms with Crippen molar-refractivity contribution in [3.63, 3.8) is 0 Å². The summed E-state index contributed by atoms with van der Waals surface area (Å²) >= 11 is 1.39. The van der Waals surface area contributed by atoms with Gasteiger partial charge in [-0.1, -0.05) is 6.92 Å². The molecule has 4 nitrogen and oxygen atoms in total. The van der Waals surface area contributed by atoms with Crippen molar-refractivity contribution in [3.8, 4) is 0 Å². The first-order chi connectivity index (χ1) is 9.95. The monoisotopic (exact) mass is 316 g/mol. The van der Waals surface area contributed by atoms with Crippen molar-refractivity contribution in [3.05, 3.63) is 11.4 Å². The topological polar surface area (TPSA) is 49.8 Å². The van der Waals surface area contributed by atoms with Gasteiger partial charge in [0.05, 0.1) is 5.39 Å². The van der Waals surface area contributed by atoms with Crippen LogP contribution in [0.4, 0.5) is 24.9 Å². The highest BCUT2D eigenvalue weighted by Gasteiger charge is 2.63. The van der Waals surface area contributed by atoms with Gasteiger partial charge in [-0.2, -0.15) is 18.2 Å².